The predicted octanol–water partition coefficient (Wildman–Crippen LogP) is 2.16. The molecule has 0 aliphatic rings. The molecule has 2 rings (SSSR count). The van der Waals surface area contributed by atoms with E-state index in [1.807, 2.05) is 12.1 Å². The van der Waals surface area contributed by atoms with Crippen molar-refractivity contribution in [3.63, 3.8) is 0 Å². The zero-order chi connectivity index (χ0) is 11.4. The van der Waals surface area contributed by atoms with Gasteiger partial charge in [-0.05, 0) is 22.4 Å². The molecule has 84 valence electrons. The number of nitrogens with one attached hydrogen (secondary N) is 1. The maximum atomic E-state index is 10.9. The van der Waals surface area contributed by atoms with Crippen LogP contribution in [0.2, 0.25) is 0 Å². The molecule has 0 aliphatic heterocycles. The highest BCUT2D eigenvalue weighted by molar-refractivity contribution is 7.17. The SMILES string of the molecule is COC(=O)CNCc1csc2ccccc12. The van der Waals surface area contributed by atoms with E-state index in [9.17, 15) is 4.79 Å². The molecule has 4 heteroatoms. The Labute approximate surface area is 98.0 Å². The van der Waals surface area contributed by atoms with E-state index in [4.69, 9.17) is 0 Å². The Balaban J connectivity index is 2.02. The zero-order valence-electron chi connectivity index (χ0n) is 9.03. The Morgan fingerprint density at radius 2 is 2.25 bits per heavy atom. The fourth-order valence-corrected chi connectivity index (χ4v) is 2.50. The van der Waals surface area contributed by atoms with E-state index in [0.717, 1.165) is 0 Å². The number of carbonyl (C=O) groups is 1. The van der Waals surface area contributed by atoms with Crippen LogP contribution in [0.5, 0.6) is 0 Å². The van der Waals surface area contributed by atoms with E-state index in [1.54, 1.807) is 11.3 Å². The lowest BCUT2D eigenvalue weighted by Crippen LogP contribution is -2.23. The molecule has 0 aliphatic carbocycles. The van der Waals surface area contributed by atoms with E-state index in [1.165, 1.54) is 22.8 Å². The quantitative estimate of drug-likeness (QED) is 0.825. The number of hydrogen-bond donors (Lipinski definition) is 1. The molecule has 1 N–H and O–H groups in total. The average Bonchev–Trinajstić information content (AvgIpc) is 2.73. The largest absolute Gasteiger partial charge is 0.468 e. The molecule has 0 spiro atoms. The first kappa shape index (κ1) is 11.1. The molecule has 0 amide bonds. The summed E-state index contributed by atoms with van der Waals surface area (Å²) in [5.41, 5.74) is 1.23. The van der Waals surface area contributed by atoms with Crippen LogP contribution in [0.3, 0.4) is 0 Å². The molecular formula is C12H13NO2S. The van der Waals surface area contributed by atoms with Gasteiger partial charge in [-0.25, -0.2) is 0 Å². The Morgan fingerprint density at radius 3 is 3.06 bits per heavy atom. The fraction of sp³-hybridized carbons (Fsp3) is 0.250. The van der Waals surface area contributed by atoms with E-state index >= 15 is 0 Å². The van der Waals surface area contributed by atoms with E-state index in [-0.39, 0.29) is 12.5 Å². The number of hydrogen-bond acceptors (Lipinski definition) is 4. The van der Waals surface area contributed by atoms with Gasteiger partial charge in [-0.3, -0.25) is 4.79 Å². The monoisotopic (exact) mass is 235 g/mol. The number of benzene rings is 1. The number of fused-ring (bicyclic) bond motifs is 1. The summed E-state index contributed by atoms with van der Waals surface area (Å²) in [6, 6.07) is 8.26. The molecular weight excluding hydrogens is 222 g/mol. The normalized spacial score (nSPS) is 10.6. The van der Waals surface area contributed by atoms with Crippen LogP contribution >= 0.6 is 11.3 Å². The van der Waals surface area contributed by atoms with Crippen LogP contribution in [0, 0.1) is 0 Å². The molecule has 0 atom stereocenters. The minimum absolute atomic E-state index is 0.237. The minimum Gasteiger partial charge on any atom is -0.468 e. The molecule has 3 nitrogen and oxygen atoms in total. The Morgan fingerprint density at radius 1 is 1.44 bits per heavy atom. The van der Waals surface area contributed by atoms with Crippen molar-refractivity contribution < 1.29 is 9.53 Å². The third-order valence-corrected chi connectivity index (χ3v) is 3.39. The standard InChI is InChI=1S/C12H13NO2S/c1-15-12(14)7-13-6-9-8-16-11-5-3-2-4-10(9)11/h2-5,8,13H,6-7H2,1H3. The van der Waals surface area contributed by atoms with Crippen LogP contribution in [0.1, 0.15) is 5.56 Å². The van der Waals surface area contributed by atoms with Crippen molar-refractivity contribution in [1.82, 2.24) is 5.32 Å². The molecule has 0 unspecified atom stereocenters. The third-order valence-electron chi connectivity index (χ3n) is 2.37. The summed E-state index contributed by atoms with van der Waals surface area (Å²) in [6.07, 6.45) is 0. The van der Waals surface area contributed by atoms with Gasteiger partial charge in [0.1, 0.15) is 0 Å². The summed E-state index contributed by atoms with van der Waals surface area (Å²) in [6.45, 7) is 0.944. The number of ether oxygens (including phenoxy) is 1. The van der Waals surface area contributed by atoms with Crippen molar-refractivity contribution in [2.24, 2.45) is 0 Å². The molecule has 2 aromatic rings. The number of esters is 1. The highest BCUT2D eigenvalue weighted by Crippen LogP contribution is 2.25. The van der Waals surface area contributed by atoms with Gasteiger partial charge in [0.05, 0.1) is 13.7 Å². The van der Waals surface area contributed by atoms with Gasteiger partial charge >= 0.3 is 5.97 Å². The summed E-state index contributed by atoms with van der Waals surface area (Å²) in [7, 11) is 1.39. The summed E-state index contributed by atoms with van der Waals surface area (Å²) in [5.74, 6) is -0.237. The zero-order valence-corrected chi connectivity index (χ0v) is 9.84. The van der Waals surface area contributed by atoms with E-state index in [0.29, 0.717) is 6.54 Å². The number of carbonyl (C=O) groups excluding carboxylic acids is 1. The van der Waals surface area contributed by atoms with Crippen molar-refractivity contribution in [1.29, 1.82) is 0 Å². The van der Waals surface area contributed by atoms with Gasteiger partial charge in [0, 0.05) is 11.2 Å². The summed E-state index contributed by atoms with van der Waals surface area (Å²) in [4.78, 5) is 10.9. The van der Waals surface area contributed by atoms with Gasteiger partial charge in [0.25, 0.3) is 0 Å². The molecule has 0 saturated carbocycles. The van der Waals surface area contributed by atoms with Crippen LogP contribution in [-0.2, 0) is 16.1 Å². The second-order valence-electron chi connectivity index (χ2n) is 3.44. The first-order valence-electron chi connectivity index (χ1n) is 5.04. The average molecular weight is 235 g/mol. The van der Waals surface area contributed by atoms with Gasteiger partial charge in [-0.1, -0.05) is 18.2 Å². The topological polar surface area (TPSA) is 38.3 Å². The van der Waals surface area contributed by atoms with Gasteiger partial charge in [-0.15, -0.1) is 11.3 Å². The van der Waals surface area contributed by atoms with Crippen molar-refractivity contribution in [2.75, 3.05) is 13.7 Å². The van der Waals surface area contributed by atoms with Crippen LogP contribution in [-0.4, -0.2) is 19.6 Å². The van der Waals surface area contributed by atoms with E-state index in [2.05, 4.69) is 27.6 Å². The number of rotatable bonds is 4. The molecule has 1 aromatic carbocycles. The molecule has 1 heterocycles. The Hall–Kier alpha value is -1.39. The Kier molecular flexibility index (Phi) is 3.54. The van der Waals surface area contributed by atoms with Crippen LogP contribution < -0.4 is 5.32 Å². The predicted molar refractivity (Wildman–Crippen MR) is 65.5 cm³/mol. The highest BCUT2D eigenvalue weighted by atomic mass is 32.1. The molecule has 0 saturated heterocycles. The lowest BCUT2D eigenvalue weighted by atomic mass is 10.2. The first-order valence-corrected chi connectivity index (χ1v) is 5.92. The summed E-state index contributed by atoms with van der Waals surface area (Å²) < 4.78 is 5.83. The summed E-state index contributed by atoms with van der Waals surface area (Å²) >= 11 is 1.72. The molecule has 16 heavy (non-hydrogen) atoms. The second-order valence-corrected chi connectivity index (χ2v) is 4.35. The first-order chi connectivity index (χ1) is 7.81. The second kappa shape index (κ2) is 5.09. The number of thiophene rings is 1. The highest BCUT2D eigenvalue weighted by Gasteiger charge is 2.04. The van der Waals surface area contributed by atoms with Crippen LogP contribution in [0.4, 0.5) is 0 Å². The van der Waals surface area contributed by atoms with Gasteiger partial charge < -0.3 is 10.1 Å². The van der Waals surface area contributed by atoms with Gasteiger partial charge in [0.15, 0.2) is 0 Å². The van der Waals surface area contributed by atoms with Crippen molar-refractivity contribution >= 4 is 27.4 Å². The Bertz CT molecular complexity index is 492. The molecule has 0 bridgehead atoms. The van der Waals surface area contributed by atoms with Crippen molar-refractivity contribution in [3.8, 4) is 0 Å². The van der Waals surface area contributed by atoms with Crippen LogP contribution in [0.15, 0.2) is 29.6 Å². The van der Waals surface area contributed by atoms with Crippen LogP contribution in [0.25, 0.3) is 10.1 Å². The maximum absolute atomic E-state index is 10.9. The lowest BCUT2D eigenvalue weighted by molar-refractivity contribution is -0.139. The fourth-order valence-electron chi connectivity index (χ4n) is 1.54. The van der Waals surface area contributed by atoms with Gasteiger partial charge in [0.2, 0.25) is 0 Å². The lowest BCUT2D eigenvalue weighted by Gasteiger charge is -2.02. The maximum Gasteiger partial charge on any atom is 0.319 e. The van der Waals surface area contributed by atoms with Crippen molar-refractivity contribution in [3.05, 3.63) is 35.2 Å². The smallest absolute Gasteiger partial charge is 0.319 e. The minimum atomic E-state index is -0.237. The molecule has 0 fully saturated rings. The third kappa shape index (κ3) is 2.40. The van der Waals surface area contributed by atoms with E-state index < -0.39 is 0 Å². The van der Waals surface area contributed by atoms with Crippen molar-refractivity contribution in [2.45, 2.75) is 6.54 Å². The molecule has 0 radical (unpaired) electrons. The molecule has 1 aromatic heterocycles. The number of methoxy groups -OCH3 is 1. The van der Waals surface area contributed by atoms with Gasteiger partial charge in [-0.2, -0.15) is 0 Å². The summed E-state index contributed by atoms with van der Waals surface area (Å²) in [5, 5.41) is 6.44.